The van der Waals surface area contributed by atoms with Gasteiger partial charge in [-0.25, -0.2) is 6.58 Å². The molecule has 0 atom stereocenters. The maximum atomic E-state index is 4.54. The molecule has 100 valence electrons. The van der Waals surface area contributed by atoms with E-state index >= 15 is 0 Å². The zero-order valence-corrected chi connectivity index (χ0v) is 16.6. The molecule has 0 radical (unpaired) electrons. The van der Waals surface area contributed by atoms with Crippen molar-refractivity contribution in [3.8, 4) is 0 Å². The molecular weight excluding hydrogens is 458 g/mol. The van der Waals surface area contributed by atoms with E-state index in [-0.39, 0.29) is 31.1 Å². The normalized spacial score (nSPS) is 11.3. The molecule has 0 spiro atoms. The van der Waals surface area contributed by atoms with E-state index in [0.717, 1.165) is 23.0 Å². The molecule has 0 aliphatic rings. The predicted molar refractivity (Wildman–Crippen MR) is 78.8 cm³/mol. The third-order valence-corrected chi connectivity index (χ3v) is 2.79. The molecule has 1 aromatic rings. The molecule has 0 saturated heterocycles. The van der Waals surface area contributed by atoms with E-state index in [1.807, 2.05) is 39.1 Å². The van der Waals surface area contributed by atoms with Crippen molar-refractivity contribution in [3.63, 3.8) is 0 Å². The third-order valence-electron chi connectivity index (χ3n) is 2.79. The van der Waals surface area contributed by atoms with Crippen molar-refractivity contribution in [2.24, 2.45) is 4.99 Å². The zero-order chi connectivity index (χ0) is 13.7. The van der Waals surface area contributed by atoms with Crippen LogP contribution in [-0.2, 0) is 0 Å². The van der Waals surface area contributed by atoms with Gasteiger partial charge < -0.3 is 0 Å². The summed E-state index contributed by atoms with van der Waals surface area (Å²) in [5, 5.41) is 0. The van der Waals surface area contributed by atoms with Crippen LogP contribution in [0.2, 0.25) is 0 Å². The zero-order valence-electron chi connectivity index (χ0n) is 12.4. The first-order valence-electron chi connectivity index (χ1n) is 6.10. The van der Waals surface area contributed by atoms with Crippen LogP contribution in [0.3, 0.4) is 0 Å². The molecule has 19 heavy (non-hydrogen) atoms. The molecule has 0 aromatic carbocycles. The van der Waals surface area contributed by atoms with Crippen LogP contribution < -0.4 is 0 Å². The number of nitrogens with zero attached hydrogens (tertiary/aromatic N) is 2. The van der Waals surface area contributed by atoms with E-state index in [9.17, 15) is 0 Å². The van der Waals surface area contributed by atoms with Gasteiger partial charge in [-0.3, -0.25) is 9.98 Å². The minimum Gasteiger partial charge on any atom is -0.286 e. The number of rotatable bonds is 4. The van der Waals surface area contributed by atoms with Gasteiger partial charge in [0.1, 0.15) is 0 Å². The number of aromatic nitrogens is 1. The minimum absolute atomic E-state index is 0. The largest absolute Gasteiger partial charge is 0.286 e. The smallest absolute Gasteiger partial charge is 0.0887 e. The van der Waals surface area contributed by atoms with Gasteiger partial charge in [0.2, 0.25) is 0 Å². The van der Waals surface area contributed by atoms with E-state index in [2.05, 4.69) is 36.5 Å². The standard InChI is InChI=1S/C16H21N2.U/c1-7-8-15(18-14(6)11(2)3)16-9-12(4)13(5)10-17-16;/h7-10H,6H2,1-5H3;/q-1;/b8-7-,18-15?;. The molecule has 1 rings (SSSR count). The van der Waals surface area contributed by atoms with Gasteiger partial charge in [-0.1, -0.05) is 6.08 Å². The Hall–Kier alpha value is -0.778. The van der Waals surface area contributed by atoms with Crippen LogP contribution in [0.4, 0.5) is 0 Å². The summed E-state index contributed by atoms with van der Waals surface area (Å²) in [4.78, 5) is 8.98. The van der Waals surface area contributed by atoms with Gasteiger partial charge in [0.25, 0.3) is 0 Å². The van der Waals surface area contributed by atoms with Crippen molar-refractivity contribution in [3.05, 3.63) is 59.4 Å². The predicted octanol–water partition coefficient (Wildman–Crippen LogP) is 4.19. The Morgan fingerprint density at radius 1 is 1.32 bits per heavy atom. The first kappa shape index (κ1) is 18.2. The van der Waals surface area contributed by atoms with Crippen LogP contribution in [0.5, 0.6) is 0 Å². The second-order valence-corrected chi connectivity index (χ2v) is 4.60. The van der Waals surface area contributed by atoms with E-state index < -0.39 is 0 Å². The minimum atomic E-state index is 0. The van der Waals surface area contributed by atoms with Crippen LogP contribution in [0.15, 0.2) is 41.7 Å². The third kappa shape index (κ3) is 5.38. The van der Waals surface area contributed by atoms with Crippen LogP contribution in [0.25, 0.3) is 0 Å². The van der Waals surface area contributed by atoms with Crippen LogP contribution in [0, 0.1) is 50.9 Å². The van der Waals surface area contributed by atoms with E-state index in [1.165, 1.54) is 11.1 Å². The molecule has 0 aliphatic heterocycles. The Morgan fingerprint density at radius 3 is 2.42 bits per heavy atom. The van der Waals surface area contributed by atoms with Crippen molar-refractivity contribution < 1.29 is 31.1 Å². The van der Waals surface area contributed by atoms with Crippen molar-refractivity contribution >= 4 is 5.71 Å². The summed E-state index contributed by atoms with van der Waals surface area (Å²) in [7, 11) is 0. The maximum Gasteiger partial charge on any atom is 0.0887 e. The van der Waals surface area contributed by atoms with Gasteiger partial charge in [-0.05, 0) is 44.0 Å². The van der Waals surface area contributed by atoms with E-state index in [0.29, 0.717) is 0 Å². The number of hydrogen-bond acceptors (Lipinski definition) is 2. The summed E-state index contributed by atoms with van der Waals surface area (Å²) in [5.74, 6) is 1.11. The monoisotopic (exact) mass is 479 g/mol. The van der Waals surface area contributed by atoms with Gasteiger partial charge in [-0.15, -0.1) is 19.5 Å². The molecule has 0 unspecified atom stereocenters. The summed E-state index contributed by atoms with van der Waals surface area (Å²) in [5.41, 5.74) is 4.95. The molecule has 1 heterocycles. The second kappa shape index (κ2) is 8.40. The average molecular weight is 479 g/mol. The van der Waals surface area contributed by atoms with Gasteiger partial charge in [-0.2, -0.15) is 5.92 Å². The summed E-state index contributed by atoms with van der Waals surface area (Å²) in [6, 6.07) is 2.06. The van der Waals surface area contributed by atoms with Gasteiger partial charge in [0, 0.05) is 37.3 Å². The van der Waals surface area contributed by atoms with Crippen LogP contribution >= 0.6 is 0 Å². The first-order chi connectivity index (χ1) is 8.45. The Morgan fingerprint density at radius 2 is 1.95 bits per heavy atom. The fourth-order valence-electron chi connectivity index (χ4n) is 1.36. The molecule has 0 aliphatic carbocycles. The molecule has 0 bridgehead atoms. The van der Waals surface area contributed by atoms with E-state index in [1.54, 1.807) is 0 Å². The molecule has 0 fully saturated rings. The summed E-state index contributed by atoms with van der Waals surface area (Å²) in [6.45, 7) is 14.1. The average Bonchev–Trinajstić information content (AvgIpc) is 2.32. The molecule has 0 saturated carbocycles. The SMILES string of the molecule is C=C(N=C(/C=C\C)c1cc(C)c(C)cn1)[C-](C)C.[U]. The van der Waals surface area contributed by atoms with Gasteiger partial charge >= 0.3 is 0 Å². The molecule has 3 heteroatoms. The van der Waals surface area contributed by atoms with Crippen molar-refractivity contribution in [2.75, 3.05) is 0 Å². The number of aliphatic imine (C=N–C) groups is 1. The second-order valence-electron chi connectivity index (χ2n) is 4.60. The summed E-state index contributed by atoms with van der Waals surface area (Å²) >= 11 is 0. The Balaban J connectivity index is 0.00000324. The number of pyridine rings is 1. The fourth-order valence-corrected chi connectivity index (χ4v) is 1.36. The van der Waals surface area contributed by atoms with Crippen LogP contribution in [0.1, 0.15) is 37.6 Å². The maximum absolute atomic E-state index is 4.54. The molecular formula is C16H21N2U-. The number of allylic oxidation sites excluding steroid dienone is 3. The number of aryl methyl sites for hydroxylation is 2. The van der Waals surface area contributed by atoms with Crippen molar-refractivity contribution in [1.82, 2.24) is 4.98 Å². The summed E-state index contributed by atoms with van der Waals surface area (Å²) in [6.07, 6.45) is 5.81. The molecule has 1 aromatic heterocycles. The van der Waals surface area contributed by atoms with Crippen LogP contribution in [-0.4, -0.2) is 10.7 Å². The van der Waals surface area contributed by atoms with E-state index in [4.69, 9.17) is 0 Å². The van der Waals surface area contributed by atoms with Crippen molar-refractivity contribution in [2.45, 2.75) is 34.6 Å². The van der Waals surface area contributed by atoms with Gasteiger partial charge in [0.05, 0.1) is 11.4 Å². The van der Waals surface area contributed by atoms with Crippen molar-refractivity contribution in [1.29, 1.82) is 0 Å². The molecule has 0 N–H and O–H groups in total. The molecule has 0 amide bonds. The number of hydrogen-bond donors (Lipinski definition) is 0. The fraction of sp³-hybridized carbons (Fsp3) is 0.312. The Labute approximate surface area is 140 Å². The first-order valence-corrected chi connectivity index (χ1v) is 6.10. The molecule has 2 nitrogen and oxygen atoms in total. The Kier molecular flexibility index (Phi) is 8.06. The van der Waals surface area contributed by atoms with Gasteiger partial charge in [0.15, 0.2) is 0 Å². The Bertz CT molecular complexity index is 499. The quantitative estimate of drug-likeness (QED) is 0.470. The topological polar surface area (TPSA) is 25.2 Å². The summed E-state index contributed by atoms with van der Waals surface area (Å²) < 4.78 is 0.